The Morgan fingerprint density at radius 1 is 1.12 bits per heavy atom. The molecule has 0 radical (unpaired) electrons. The quantitative estimate of drug-likeness (QED) is 0.686. The van der Waals surface area contributed by atoms with Gasteiger partial charge in [-0.2, -0.15) is 4.98 Å². The Morgan fingerprint density at radius 2 is 1.88 bits per heavy atom. The molecule has 0 saturated heterocycles. The Hall–Kier alpha value is -2.31. The van der Waals surface area contributed by atoms with Crippen LogP contribution in [0.25, 0.3) is 11.5 Å². The standard InChI is InChI=1S/C18H18N2O3S/c1-13-5-3-4-6-16(13)18-19-17(20-23-18)12-24(21)15-9-7-14(8-10-15)11-22-2/h3-10H,11-12H2,1-2H3. The predicted octanol–water partition coefficient (Wildman–Crippen LogP) is 3.50. The van der Waals surface area contributed by atoms with Gasteiger partial charge in [0.25, 0.3) is 5.89 Å². The van der Waals surface area contributed by atoms with Crippen molar-refractivity contribution >= 4 is 10.8 Å². The van der Waals surface area contributed by atoms with Crippen molar-refractivity contribution in [1.82, 2.24) is 10.1 Å². The SMILES string of the molecule is COCc1ccc(S(=O)Cc2noc(-c3ccccc3C)n2)cc1. The number of aromatic nitrogens is 2. The van der Waals surface area contributed by atoms with Crippen molar-refractivity contribution in [2.45, 2.75) is 24.2 Å². The molecule has 5 nitrogen and oxygen atoms in total. The summed E-state index contributed by atoms with van der Waals surface area (Å²) in [6, 6.07) is 15.3. The lowest BCUT2D eigenvalue weighted by atomic mass is 10.1. The van der Waals surface area contributed by atoms with Gasteiger partial charge in [-0.05, 0) is 36.2 Å². The number of methoxy groups -OCH3 is 1. The number of hydrogen-bond donors (Lipinski definition) is 0. The molecule has 6 heteroatoms. The van der Waals surface area contributed by atoms with E-state index < -0.39 is 10.8 Å². The van der Waals surface area contributed by atoms with Gasteiger partial charge in [0.15, 0.2) is 5.82 Å². The third kappa shape index (κ3) is 3.77. The fourth-order valence-corrected chi connectivity index (χ4v) is 3.30. The van der Waals surface area contributed by atoms with E-state index in [4.69, 9.17) is 9.26 Å². The van der Waals surface area contributed by atoms with E-state index in [2.05, 4.69) is 10.1 Å². The van der Waals surface area contributed by atoms with Crippen molar-refractivity contribution in [3.05, 3.63) is 65.5 Å². The first-order chi connectivity index (χ1) is 11.7. The normalized spacial score (nSPS) is 12.2. The number of ether oxygens (including phenoxy) is 1. The Labute approximate surface area is 143 Å². The van der Waals surface area contributed by atoms with E-state index in [1.807, 2.05) is 55.5 Å². The van der Waals surface area contributed by atoms with Crippen LogP contribution in [0.1, 0.15) is 17.0 Å². The highest BCUT2D eigenvalue weighted by molar-refractivity contribution is 7.84. The van der Waals surface area contributed by atoms with Gasteiger partial charge in [-0.15, -0.1) is 0 Å². The van der Waals surface area contributed by atoms with Crippen LogP contribution < -0.4 is 0 Å². The van der Waals surface area contributed by atoms with E-state index in [-0.39, 0.29) is 5.75 Å². The molecule has 1 aromatic heterocycles. The summed E-state index contributed by atoms with van der Waals surface area (Å²) < 4.78 is 22.8. The van der Waals surface area contributed by atoms with Crippen LogP contribution in [0.4, 0.5) is 0 Å². The predicted molar refractivity (Wildman–Crippen MR) is 91.7 cm³/mol. The van der Waals surface area contributed by atoms with Gasteiger partial charge in [0.2, 0.25) is 0 Å². The molecule has 0 amide bonds. The van der Waals surface area contributed by atoms with E-state index in [9.17, 15) is 4.21 Å². The van der Waals surface area contributed by atoms with Crippen LogP contribution in [0, 0.1) is 6.92 Å². The zero-order valence-corrected chi connectivity index (χ0v) is 14.4. The maximum Gasteiger partial charge on any atom is 0.258 e. The number of nitrogens with zero attached hydrogens (tertiary/aromatic N) is 2. The van der Waals surface area contributed by atoms with Gasteiger partial charge in [0.1, 0.15) is 0 Å². The van der Waals surface area contributed by atoms with E-state index in [1.165, 1.54) is 0 Å². The van der Waals surface area contributed by atoms with Crippen molar-refractivity contribution in [2.75, 3.05) is 7.11 Å². The molecule has 2 aromatic carbocycles. The lowest BCUT2D eigenvalue weighted by Gasteiger charge is -2.02. The first-order valence-electron chi connectivity index (χ1n) is 7.52. The second kappa shape index (κ2) is 7.51. The van der Waals surface area contributed by atoms with E-state index in [1.54, 1.807) is 7.11 Å². The molecule has 0 spiro atoms. The lowest BCUT2D eigenvalue weighted by molar-refractivity contribution is 0.185. The van der Waals surface area contributed by atoms with Gasteiger partial charge in [-0.25, -0.2) is 0 Å². The van der Waals surface area contributed by atoms with Crippen LogP contribution in [0.5, 0.6) is 0 Å². The molecule has 3 aromatic rings. The third-order valence-electron chi connectivity index (χ3n) is 3.60. The highest BCUT2D eigenvalue weighted by Gasteiger charge is 2.14. The van der Waals surface area contributed by atoms with Gasteiger partial charge < -0.3 is 9.26 Å². The highest BCUT2D eigenvalue weighted by atomic mass is 32.2. The van der Waals surface area contributed by atoms with Gasteiger partial charge in [-0.3, -0.25) is 4.21 Å². The molecule has 0 aliphatic carbocycles. The van der Waals surface area contributed by atoms with Gasteiger partial charge in [0.05, 0.1) is 23.2 Å². The average Bonchev–Trinajstić information content (AvgIpc) is 3.04. The van der Waals surface area contributed by atoms with Crippen LogP contribution in [-0.2, 0) is 27.9 Å². The molecular weight excluding hydrogens is 324 g/mol. The molecule has 1 heterocycles. The van der Waals surface area contributed by atoms with Crippen LogP contribution in [0.2, 0.25) is 0 Å². The molecule has 124 valence electrons. The molecule has 1 unspecified atom stereocenters. The number of rotatable bonds is 6. The van der Waals surface area contributed by atoms with Gasteiger partial charge >= 0.3 is 0 Å². The highest BCUT2D eigenvalue weighted by Crippen LogP contribution is 2.22. The van der Waals surface area contributed by atoms with Crippen LogP contribution in [-0.4, -0.2) is 21.5 Å². The second-order valence-corrected chi connectivity index (χ2v) is 6.85. The molecule has 0 bridgehead atoms. The Bertz CT molecular complexity index is 843. The molecule has 0 N–H and O–H groups in total. The molecule has 0 aliphatic rings. The fourth-order valence-electron chi connectivity index (χ4n) is 2.34. The maximum atomic E-state index is 12.5. The first-order valence-corrected chi connectivity index (χ1v) is 8.84. The minimum atomic E-state index is -1.22. The van der Waals surface area contributed by atoms with Gasteiger partial charge in [0, 0.05) is 17.6 Å². The number of aryl methyl sites for hydroxylation is 1. The number of benzene rings is 2. The zero-order chi connectivity index (χ0) is 16.9. The monoisotopic (exact) mass is 342 g/mol. The third-order valence-corrected chi connectivity index (χ3v) is 4.92. The van der Waals surface area contributed by atoms with E-state index in [0.717, 1.165) is 21.6 Å². The van der Waals surface area contributed by atoms with Crippen LogP contribution >= 0.6 is 0 Å². The van der Waals surface area contributed by atoms with Crippen molar-refractivity contribution in [3.8, 4) is 11.5 Å². The van der Waals surface area contributed by atoms with Crippen molar-refractivity contribution in [2.24, 2.45) is 0 Å². The summed E-state index contributed by atoms with van der Waals surface area (Å²) in [5.74, 6) is 1.11. The molecular formula is C18H18N2O3S. The second-order valence-electron chi connectivity index (χ2n) is 5.40. The largest absolute Gasteiger partial charge is 0.380 e. The molecule has 1 atom stereocenters. The lowest BCUT2D eigenvalue weighted by Crippen LogP contribution is -1.99. The average molecular weight is 342 g/mol. The first kappa shape index (κ1) is 16.5. The summed E-state index contributed by atoms with van der Waals surface area (Å²) in [4.78, 5) is 5.10. The molecule has 3 rings (SSSR count). The minimum Gasteiger partial charge on any atom is -0.380 e. The summed E-state index contributed by atoms with van der Waals surface area (Å²) in [5.41, 5.74) is 2.99. The molecule has 0 fully saturated rings. The Morgan fingerprint density at radius 3 is 2.58 bits per heavy atom. The van der Waals surface area contributed by atoms with Gasteiger partial charge in [-0.1, -0.05) is 35.5 Å². The summed E-state index contributed by atoms with van der Waals surface area (Å²) in [7, 11) is 0.426. The molecule has 0 saturated carbocycles. The Kier molecular flexibility index (Phi) is 5.17. The Balaban J connectivity index is 1.72. The van der Waals surface area contributed by atoms with E-state index in [0.29, 0.717) is 18.3 Å². The topological polar surface area (TPSA) is 65.2 Å². The summed E-state index contributed by atoms with van der Waals surface area (Å²) in [5, 5.41) is 3.95. The zero-order valence-electron chi connectivity index (χ0n) is 13.6. The maximum absolute atomic E-state index is 12.5. The van der Waals surface area contributed by atoms with Crippen molar-refractivity contribution < 1.29 is 13.5 Å². The number of hydrogen-bond acceptors (Lipinski definition) is 5. The summed E-state index contributed by atoms with van der Waals surface area (Å²) >= 11 is 0. The molecule has 24 heavy (non-hydrogen) atoms. The fraction of sp³-hybridized carbons (Fsp3) is 0.222. The van der Waals surface area contributed by atoms with Crippen LogP contribution in [0.15, 0.2) is 57.9 Å². The van der Waals surface area contributed by atoms with Crippen LogP contribution in [0.3, 0.4) is 0 Å². The minimum absolute atomic E-state index is 0.221. The summed E-state index contributed by atoms with van der Waals surface area (Å²) in [6.45, 7) is 2.52. The summed E-state index contributed by atoms with van der Waals surface area (Å²) in [6.07, 6.45) is 0. The smallest absolute Gasteiger partial charge is 0.258 e. The van der Waals surface area contributed by atoms with Crippen molar-refractivity contribution in [1.29, 1.82) is 0 Å². The van der Waals surface area contributed by atoms with E-state index >= 15 is 0 Å². The van der Waals surface area contributed by atoms with Crippen molar-refractivity contribution in [3.63, 3.8) is 0 Å². The molecule has 0 aliphatic heterocycles.